The van der Waals surface area contributed by atoms with E-state index in [4.69, 9.17) is 5.10 Å². The van der Waals surface area contributed by atoms with Gasteiger partial charge in [0.1, 0.15) is 0 Å². The Bertz CT molecular complexity index is 988. The largest absolute Gasteiger partial charge is 0.370 e. The molecule has 8 nitrogen and oxygen atoms in total. The summed E-state index contributed by atoms with van der Waals surface area (Å²) in [5.74, 6) is 0.0252. The van der Waals surface area contributed by atoms with E-state index >= 15 is 0 Å². The van der Waals surface area contributed by atoms with Gasteiger partial charge in [0.2, 0.25) is 11.8 Å². The molecule has 0 saturated carbocycles. The number of piperazine rings is 1. The summed E-state index contributed by atoms with van der Waals surface area (Å²) >= 11 is 0. The molecule has 3 fully saturated rings. The Labute approximate surface area is 189 Å². The number of para-hydroxylation sites is 1. The lowest BCUT2D eigenvalue weighted by molar-refractivity contribution is -0.134. The van der Waals surface area contributed by atoms with E-state index < -0.39 is 0 Å². The van der Waals surface area contributed by atoms with Crippen LogP contribution >= 0.6 is 0 Å². The summed E-state index contributed by atoms with van der Waals surface area (Å²) in [6.07, 6.45) is 4.64. The van der Waals surface area contributed by atoms with Crippen LogP contribution in [0, 0.1) is 5.92 Å². The third kappa shape index (κ3) is 4.26. The molecule has 2 amide bonds. The lowest BCUT2D eigenvalue weighted by Crippen LogP contribution is -2.44. The Morgan fingerprint density at radius 3 is 2.59 bits per heavy atom. The number of piperidine rings is 2. The molecule has 3 aliphatic heterocycles. The van der Waals surface area contributed by atoms with Crippen LogP contribution in [0.5, 0.6) is 0 Å². The number of hydrogen-bond acceptors (Lipinski definition) is 6. The molecule has 0 spiro atoms. The average molecular weight is 439 g/mol. The van der Waals surface area contributed by atoms with Crippen LogP contribution in [0.2, 0.25) is 0 Å². The van der Waals surface area contributed by atoms with E-state index in [9.17, 15) is 9.59 Å². The third-order valence-corrected chi connectivity index (χ3v) is 7.46. The number of amides is 2. The lowest BCUT2D eigenvalue weighted by atomic mass is 9.91. The predicted molar refractivity (Wildman–Crippen MR) is 125 cm³/mol. The Morgan fingerprint density at radius 2 is 1.84 bits per heavy atom. The van der Waals surface area contributed by atoms with Gasteiger partial charge in [0.15, 0.2) is 0 Å². The molecule has 1 unspecified atom stereocenters. The van der Waals surface area contributed by atoms with Crippen molar-refractivity contribution in [3.63, 3.8) is 0 Å². The number of carbonyl (C=O) groups excluding carboxylic acids is 2. The lowest BCUT2D eigenvalue weighted by Gasteiger charge is -2.35. The van der Waals surface area contributed by atoms with Crippen LogP contribution in [0.4, 0.5) is 5.69 Å². The van der Waals surface area contributed by atoms with Crippen molar-refractivity contribution < 1.29 is 9.59 Å². The number of aryl methyl sites for hydroxylation is 1. The zero-order valence-electron chi connectivity index (χ0n) is 19.0. The maximum Gasteiger partial charge on any atom is 0.235 e. The molecular weight excluding hydrogens is 404 g/mol. The monoisotopic (exact) mass is 438 g/mol. The van der Waals surface area contributed by atoms with E-state index in [2.05, 4.69) is 38.6 Å². The summed E-state index contributed by atoms with van der Waals surface area (Å²) in [5, 5.41) is 11.7. The molecular formula is C24H34N6O2. The van der Waals surface area contributed by atoms with Crippen LogP contribution in [0.1, 0.15) is 43.7 Å². The highest BCUT2D eigenvalue weighted by Gasteiger charge is 2.32. The first-order valence-corrected chi connectivity index (χ1v) is 12.1. The Morgan fingerprint density at radius 1 is 1.06 bits per heavy atom. The number of fused-ring (bicyclic) bond motifs is 1. The molecule has 1 aromatic heterocycles. The number of aromatic nitrogens is 2. The first kappa shape index (κ1) is 21.4. The Balaban J connectivity index is 1.28. The number of hydrogen-bond donors (Lipinski definition) is 2. The van der Waals surface area contributed by atoms with Crippen molar-refractivity contribution in [2.45, 2.75) is 38.0 Å². The number of rotatable bonds is 5. The van der Waals surface area contributed by atoms with Crippen molar-refractivity contribution in [3.05, 3.63) is 23.9 Å². The van der Waals surface area contributed by atoms with Crippen molar-refractivity contribution in [2.75, 3.05) is 50.7 Å². The minimum atomic E-state index is -0.359. The molecule has 0 aliphatic carbocycles. The summed E-state index contributed by atoms with van der Waals surface area (Å²) in [6, 6.07) is 6.32. The van der Waals surface area contributed by atoms with Crippen LogP contribution in [-0.4, -0.2) is 72.3 Å². The number of nitrogens with zero attached hydrogens (tertiary/aromatic N) is 4. The fraction of sp³-hybridized carbons (Fsp3) is 0.625. The first-order valence-electron chi connectivity index (χ1n) is 12.1. The number of nitrogens with one attached hydrogen (secondary N) is 2. The molecule has 0 bridgehead atoms. The van der Waals surface area contributed by atoms with E-state index in [-0.39, 0.29) is 17.7 Å². The summed E-state index contributed by atoms with van der Waals surface area (Å²) in [5.41, 5.74) is 3.09. The van der Waals surface area contributed by atoms with Gasteiger partial charge >= 0.3 is 0 Å². The maximum absolute atomic E-state index is 12.5. The molecule has 2 N–H and O–H groups in total. The van der Waals surface area contributed by atoms with Crippen LogP contribution < -0.4 is 15.5 Å². The Hall–Kier alpha value is -2.45. The van der Waals surface area contributed by atoms with Crippen LogP contribution in [0.3, 0.4) is 0 Å². The van der Waals surface area contributed by atoms with Gasteiger partial charge in [0, 0.05) is 58.1 Å². The summed E-state index contributed by atoms with van der Waals surface area (Å²) in [6.45, 7) is 7.93. The van der Waals surface area contributed by atoms with Crippen LogP contribution in [0.15, 0.2) is 18.2 Å². The molecule has 32 heavy (non-hydrogen) atoms. The fourth-order valence-electron chi connectivity index (χ4n) is 5.57. The van der Waals surface area contributed by atoms with Crippen LogP contribution in [0.25, 0.3) is 10.9 Å². The predicted octanol–water partition coefficient (Wildman–Crippen LogP) is 1.61. The SMILES string of the molecule is Cn1nc(C2CCC(=O)NC2=O)c2cccc(N3CCC(CCN4CCNCC4)CC3)c21. The molecule has 3 aliphatic rings. The van der Waals surface area contributed by atoms with Gasteiger partial charge in [0.25, 0.3) is 0 Å². The topological polar surface area (TPSA) is 82.5 Å². The highest BCUT2D eigenvalue weighted by molar-refractivity contribution is 6.03. The minimum absolute atomic E-state index is 0.188. The van der Waals surface area contributed by atoms with Gasteiger partial charge in [-0.05, 0) is 44.2 Å². The van der Waals surface area contributed by atoms with E-state index in [0.29, 0.717) is 12.8 Å². The normalized spacial score (nSPS) is 23.7. The molecule has 172 valence electrons. The van der Waals surface area contributed by atoms with Crippen molar-refractivity contribution >= 4 is 28.4 Å². The van der Waals surface area contributed by atoms with Gasteiger partial charge in [-0.1, -0.05) is 12.1 Å². The van der Waals surface area contributed by atoms with Crippen molar-refractivity contribution in [3.8, 4) is 0 Å². The highest BCUT2D eigenvalue weighted by Crippen LogP contribution is 2.36. The van der Waals surface area contributed by atoms with Gasteiger partial charge in [-0.25, -0.2) is 0 Å². The second-order valence-electron chi connectivity index (χ2n) is 9.50. The first-order chi connectivity index (χ1) is 15.6. The number of carbonyl (C=O) groups is 2. The number of benzene rings is 1. The highest BCUT2D eigenvalue weighted by atomic mass is 16.2. The smallest absolute Gasteiger partial charge is 0.235 e. The molecule has 3 saturated heterocycles. The van der Waals surface area contributed by atoms with Gasteiger partial charge in [-0.2, -0.15) is 5.10 Å². The van der Waals surface area contributed by atoms with Gasteiger partial charge in [0.05, 0.1) is 22.8 Å². The number of imide groups is 1. The Kier molecular flexibility index (Phi) is 6.15. The minimum Gasteiger partial charge on any atom is -0.370 e. The standard InChI is InChI=1S/C24H34N6O2/c1-28-23-18(22(27-28)19-5-6-21(31)26-24(19)32)3-2-4-20(23)30-13-8-17(9-14-30)7-12-29-15-10-25-11-16-29/h2-4,17,19,25H,5-16H2,1H3,(H,26,31,32). The number of anilines is 1. The zero-order chi connectivity index (χ0) is 22.1. The second kappa shape index (κ2) is 9.19. The zero-order valence-corrected chi connectivity index (χ0v) is 19.0. The van der Waals surface area contributed by atoms with Gasteiger partial charge in [-0.15, -0.1) is 0 Å². The van der Waals surface area contributed by atoms with Crippen molar-refractivity contribution in [2.24, 2.45) is 13.0 Å². The molecule has 5 rings (SSSR count). The third-order valence-electron chi connectivity index (χ3n) is 7.46. The van der Waals surface area contributed by atoms with Gasteiger partial charge < -0.3 is 15.1 Å². The van der Waals surface area contributed by atoms with Crippen molar-refractivity contribution in [1.82, 2.24) is 25.3 Å². The molecule has 1 aromatic carbocycles. The molecule has 4 heterocycles. The van der Waals surface area contributed by atoms with E-state index in [1.807, 2.05) is 11.7 Å². The van der Waals surface area contributed by atoms with E-state index in [1.165, 1.54) is 44.6 Å². The molecule has 1 atom stereocenters. The molecule has 0 radical (unpaired) electrons. The molecule has 2 aromatic rings. The van der Waals surface area contributed by atoms with Crippen molar-refractivity contribution in [1.29, 1.82) is 0 Å². The maximum atomic E-state index is 12.5. The second-order valence-corrected chi connectivity index (χ2v) is 9.50. The summed E-state index contributed by atoms with van der Waals surface area (Å²) in [7, 11) is 1.96. The summed E-state index contributed by atoms with van der Waals surface area (Å²) in [4.78, 5) is 29.1. The fourth-order valence-corrected chi connectivity index (χ4v) is 5.57. The quantitative estimate of drug-likeness (QED) is 0.691. The van der Waals surface area contributed by atoms with E-state index in [0.717, 1.165) is 48.7 Å². The molecule has 8 heteroatoms. The summed E-state index contributed by atoms with van der Waals surface area (Å²) < 4.78 is 1.92. The van der Waals surface area contributed by atoms with E-state index in [1.54, 1.807) is 0 Å². The van der Waals surface area contributed by atoms with Gasteiger partial charge in [-0.3, -0.25) is 19.6 Å². The van der Waals surface area contributed by atoms with Crippen LogP contribution in [-0.2, 0) is 16.6 Å². The average Bonchev–Trinajstić information content (AvgIpc) is 3.15.